The normalized spacial score (nSPS) is 18.3. The number of alkyl halides is 3. The minimum absolute atomic E-state index is 0.00418. The van der Waals surface area contributed by atoms with E-state index in [4.69, 9.17) is 8.94 Å². The molecule has 5 rings (SSSR count). The van der Waals surface area contributed by atoms with Gasteiger partial charge in [-0.1, -0.05) is 11.2 Å². The van der Waals surface area contributed by atoms with E-state index in [1.807, 2.05) is 4.90 Å². The maximum Gasteiger partial charge on any atom is 0.416 e. The highest BCUT2D eigenvalue weighted by molar-refractivity contribution is 5.91. The summed E-state index contributed by atoms with van der Waals surface area (Å²) in [6.07, 6.45) is -1.44. The van der Waals surface area contributed by atoms with Gasteiger partial charge in [-0.2, -0.15) is 13.2 Å². The Kier molecular flexibility index (Phi) is 4.56. The van der Waals surface area contributed by atoms with Crippen molar-refractivity contribution in [3.8, 4) is 11.5 Å². The summed E-state index contributed by atoms with van der Waals surface area (Å²) in [5, 5.41) is 4.12. The number of benzene rings is 1. The van der Waals surface area contributed by atoms with Gasteiger partial charge >= 0.3 is 6.18 Å². The zero-order valence-corrected chi connectivity index (χ0v) is 16.6. The van der Waals surface area contributed by atoms with Gasteiger partial charge < -0.3 is 18.7 Å². The van der Waals surface area contributed by atoms with Crippen LogP contribution in [-0.2, 0) is 16.4 Å². The number of furan rings is 1. The lowest BCUT2D eigenvalue weighted by Gasteiger charge is -2.37. The summed E-state index contributed by atoms with van der Waals surface area (Å²) < 4.78 is 49.7. The van der Waals surface area contributed by atoms with Gasteiger partial charge in [-0.15, -0.1) is 0 Å². The standard InChI is InChI=1S/C22H20F3N3O3/c23-22(24,25)15-3-1-4-16(13-15)27-8-10-28(11-9-27)20(29)21(6-7-21)19-14-18(31-26-19)17-5-2-12-30-17/h1-5,12-14H,6-11H2. The topological polar surface area (TPSA) is 62.7 Å². The number of hydrogen-bond donors (Lipinski definition) is 0. The van der Waals surface area contributed by atoms with Crippen LogP contribution in [0.15, 0.2) is 57.7 Å². The summed E-state index contributed by atoms with van der Waals surface area (Å²) in [6.45, 7) is 1.83. The number of aromatic nitrogens is 1. The van der Waals surface area contributed by atoms with Crippen molar-refractivity contribution in [2.45, 2.75) is 24.4 Å². The smallest absolute Gasteiger partial charge is 0.416 e. The average Bonchev–Trinajstić information content (AvgIpc) is 3.17. The lowest BCUT2D eigenvalue weighted by Crippen LogP contribution is -2.51. The maximum atomic E-state index is 13.3. The van der Waals surface area contributed by atoms with Crippen molar-refractivity contribution < 1.29 is 26.9 Å². The predicted molar refractivity (Wildman–Crippen MR) is 105 cm³/mol. The molecular weight excluding hydrogens is 411 g/mol. The minimum Gasteiger partial charge on any atom is -0.461 e. The fraction of sp³-hybridized carbons (Fsp3) is 0.364. The number of anilines is 1. The molecule has 0 spiro atoms. The molecule has 1 aliphatic heterocycles. The Morgan fingerprint density at radius 1 is 1.00 bits per heavy atom. The summed E-state index contributed by atoms with van der Waals surface area (Å²) >= 11 is 0. The van der Waals surface area contributed by atoms with Crippen molar-refractivity contribution in [3.05, 3.63) is 60.0 Å². The summed E-state index contributed by atoms with van der Waals surface area (Å²) in [7, 11) is 0. The minimum atomic E-state index is -4.38. The zero-order valence-electron chi connectivity index (χ0n) is 16.6. The Labute approximate surface area is 176 Å². The largest absolute Gasteiger partial charge is 0.461 e. The van der Waals surface area contributed by atoms with Crippen LogP contribution in [-0.4, -0.2) is 42.1 Å². The van der Waals surface area contributed by atoms with E-state index >= 15 is 0 Å². The Bertz CT molecular complexity index is 1080. The Hall–Kier alpha value is -3.23. The molecule has 3 heterocycles. The number of hydrogen-bond acceptors (Lipinski definition) is 5. The fourth-order valence-corrected chi connectivity index (χ4v) is 4.09. The lowest BCUT2D eigenvalue weighted by atomic mass is 9.99. The Morgan fingerprint density at radius 2 is 1.77 bits per heavy atom. The first-order chi connectivity index (χ1) is 14.9. The second-order valence-corrected chi connectivity index (χ2v) is 7.96. The van der Waals surface area contributed by atoms with E-state index in [1.54, 1.807) is 35.4 Å². The lowest BCUT2D eigenvalue weighted by molar-refractivity contribution is -0.137. The summed E-state index contributed by atoms with van der Waals surface area (Å²) in [5.74, 6) is 1.03. The van der Waals surface area contributed by atoms with E-state index in [0.29, 0.717) is 61.9 Å². The van der Waals surface area contributed by atoms with Gasteiger partial charge in [0, 0.05) is 37.9 Å². The molecule has 1 aromatic carbocycles. The number of amides is 1. The third kappa shape index (κ3) is 3.58. The highest BCUT2D eigenvalue weighted by Gasteiger charge is 2.55. The molecule has 0 atom stereocenters. The SMILES string of the molecule is O=C(N1CCN(c2cccc(C(F)(F)F)c2)CC1)C1(c2cc(-c3ccco3)on2)CC1. The number of piperazine rings is 1. The maximum absolute atomic E-state index is 13.3. The monoisotopic (exact) mass is 431 g/mol. The Balaban J connectivity index is 1.26. The summed E-state index contributed by atoms with van der Waals surface area (Å²) in [4.78, 5) is 16.9. The van der Waals surface area contributed by atoms with Gasteiger partial charge in [-0.3, -0.25) is 4.79 Å². The predicted octanol–water partition coefficient (Wildman–Crippen LogP) is 4.33. The van der Waals surface area contributed by atoms with Crippen LogP contribution in [0, 0.1) is 0 Å². The van der Waals surface area contributed by atoms with Gasteiger partial charge in [0.1, 0.15) is 0 Å². The highest BCUT2D eigenvalue weighted by Crippen LogP contribution is 2.50. The van der Waals surface area contributed by atoms with E-state index in [0.717, 1.165) is 12.1 Å². The van der Waals surface area contributed by atoms with Crippen molar-refractivity contribution in [1.82, 2.24) is 10.1 Å². The number of carbonyl (C=O) groups excluding carboxylic acids is 1. The van der Waals surface area contributed by atoms with Gasteiger partial charge in [0.25, 0.3) is 0 Å². The molecule has 6 nitrogen and oxygen atoms in total. The van der Waals surface area contributed by atoms with Crippen LogP contribution in [0.25, 0.3) is 11.5 Å². The van der Waals surface area contributed by atoms with Gasteiger partial charge in [0.05, 0.1) is 22.9 Å². The summed E-state index contributed by atoms with van der Waals surface area (Å²) in [6, 6.07) is 10.6. The quantitative estimate of drug-likeness (QED) is 0.615. The molecule has 2 aliphatic rings. The first kappa shape index (κ1) is 19.7. The number of rotatable bonds is 4. The van der Waals surface area contributed by atoms with Crippen molar-refractivity contribution in [3.63, 3.8) is 0 Å². The molecule has 9 heteroatoms. The molecule has 0 N–H and O–H groups in total. The molecule has 2 fully saturated rings. The third-order valence-electron chi connectivity index (χ3n) is 6.03. The highest BCUT2D eigenvalue weighted by atomic mass is 19.4. The Morgan fingerprint density at radius 3 is 2.42 bits per heavy atom. The molecule has 3 aromatic rings. The van der Waals surface area contributed by atoms with Gasteiger partial charge in [-0.05, 0) is 43.2 Å². The van der Waals surface area contributed by atoms with Gasteiger partial charge in [0.15, 0.2) is 5.76 Å². The van der Waals surface area contributed by atoms with Crippen LogP contribution in [0.3, 0.4) is 0 Å². The van der Waals surface area contributed by atoms with Crippen LogP contribution in [0.2, 0.25) is 0 Å². The first-order valence-corrected chi connectivity index (χ1v) is 10.1. The molecule has 1 saturated carbocycles. The van der Waals surface area contributed by atoms with Crippen LogP contribution < -0.4 is 4.90 Å². The average molecular weight is 431 g/mol. The molecular formula is C22H20F3N3O3. The van der Waals surface area contributed by atoms with Gasteiger partial charge in [0.2, 0.25) is 11.7 Å². The van der Waals surface area contributed by atoms with Crippen LogP contribution in [0.4, 0.5) is 18.9 Å². The van der Waals surface area contributed by atoms with E-state index in [-0.39, 0.29) is 5.91 Å². The molecule has 0 radical (unpaired) electrons. The molecule has 2 aromatic heterocycles. The molecule has 1 aliphatic carbocycles. The first-order valence-electron chi connectivity index (χ1n) is 10.1. The molecule has 1 saturated heterocycles. The van der Waals surface area contributed by atoms with Crippen molar-refractivity contribution in [1.29, 1.82) is 0 Å². The zero-order chi connectivity index (χ0) is 21.6. The molecule has 1 amide bonds. The molecule has 162 valence electrons. The van der Waals surface area contributed by atoms with E-state index in [1.165, 1.54) is 6.07 Å². The second kappa shape index (κ2) is 7.18. The second-order valence-electron chi connectivity index (χ2n) is 7.96. The van der Waals surface area contributed by atoms with Crippen LogP contribution >= 0.6 is 0 Å². The summed E-state index contributed by atoms with van der Waals surface area (Å²) in [5.41, 5.74) is -0.224. The molecule has 0 bridgehead atoms. The number of halogens is 3. The number of nitrogens with zero attached hydrogens (tertiary/aromatic N) is 3. The molecule has 0 unspecified atom stereocenters. The van der Waals surface area contributed by atoms with Crippen LogP contribution in [0.1, 0.15) is 24.1 Å². The van der Waals surface area contributed by atoms with Crippen molar-refractivity contribution in [2.24, 2.45) is 0 Å². The van der Waals surface area contributed by atoms with Crippen molar-refractivity contribution >= 4 is 11.6 Å². The van der Waals surface area contributed by atoms with E-state index < -0.39 is 17.2 Å². The molecule has 31 heavy (non-hydrogen) atoms. The fourth-order valence-electron chi connectivity index (χ4n) is 4.09. The number of carbonyl (C=O) groups is 1. The van der Waals surface area contributed by atoms with Gasteiger partial charge in [-0.25, -0.2) is 0 Å². The third-order valence-corrected chi connectivity index (χ3v) is 6.03. The van der Waals surface area contributed by atoms with Crippen molar-refractivity contribution in [2.75, 3.05) is 31.1 Å². The van der Waals surface area contributed by atoms with Crippen LogP contribution in [0.5, 0.6) is 0 Å². The van der Waals surface area contributed by atoms with E-state index in [9.17, 15) is 18.0 Å². The van der Waals surface area contributed by atoms with E-state index in [2.05, 4.69) is 5.16 Å².